The molecule has 0 N–H and O–H groups in total. The molecule has 3 heterocycles. The summed E-state index contributed by atoms with van der Waals surface area (Å²) in [6.45, 7) is 2.89. The first-order valence-corrected chi connectivity index (χ1v) is 12.0. The Morgan fingerprint density at radius 2 is 1.76 bits per heavy atom. The zero-order valence-corrected chi connectivity index (χ0v) is 19.5. The van der Waals surface area contributed by atoms with E-state index in [-0.39, 0.29) is 22.7 Å². The van der Waals surface area contributed by atoms with Gasteiger partial charge in [0, 0.05) is 38.1 Å². The highest BCUT2D eigenvalue weighted by atomic mass is 32.2. The number of hydrogen-bond acceptors (Lipinski definition) is 8. The standard InChI is InChI=1S/C24H24N6O3S/c1-33-20-10-6-5-9-19(20)30-22-18(15-25-30)23(32)27-24(26-22)34-16-21(31)29-13-11-28(12-14-29)17-7-3-2-4-8-17/h2-10,15,18H,11-14,16H2,1H3. The van der Waals surface area contributed by atoms with E-state index in [9.17, 15) is 9.59 Å². The summed E-state index contributed by atoms with van der Waals surface area (Å²) in [6.07, 6.45) is 1.54. The fourth-order valence-corrected chi connectivity index (χ4v) is 4.84. The second kappa shape index (κ2) is 9.68. The lowest BCUT2D eigenvalue weighted by Crippen LogP contribution is -2.49. The lowest BCUT2D eigenvalue weighted by molar-refractivity contribution is -0.128. The molecule has 34 heavy (non-hydrogen) atoms. The molecule has 1 unspecified atom stereocenters. The number of thioether (sulfide) groups is 1. The van der Waals surface area contributed by atoms with Crippen molar-refractivity contribution in [2.45, 2.75) is 0 Å². The molecule has 0 bridgehead atoms. The topological polar surface area (TPSA) is 90.2 Å². The van der Waals surface area contributed by atoms with Crippen LogP contribution in [0.2, 0.25) is 0 Å². The van der Waals surface area contributed by atoms with Gasteiger partial charge in [0.25, 0.3) is 5.91 Å². The average molecular weight is 477 g/mol. The van der Waals surface area contributed by atoms with Gasteiger partial charge in [-0.1, -0.05) is 42.1 Å². The van der Waals surface area contributed by atoms with Gasteiger partial charge < -0.3 is 14.5 Å². The minimum atomic E-state index is -0.629. The third-order valence-corrected chi connectivity index (χ3v) is 6.73. The summed E-state index contributed by atoms with van der Waals surface area (Å²) in [7, 11) is 1.58. The average Bonchev–Trinajstić information content (AvgIpc) is 3.32. The maximum atomic E-state index is 12.8. The molecular weight excluding hydrogens is 452 g/mol. The molecule has 9 nitrogen and oxygen atoms in total. The van der Waals surface area contributed by atoms with Crippen molar-refractivity contribution in [1.29, 1.82) is 0 Å². The Morgan fingerprint density at radius 3 is 2.53 bits per heavy atom. The van der Waals surface area contributed by atoms with Gasteiger partial charge in [-0.15, -0.1) is 0 Å². The van der Waals surface area contributed by atoms with Crippen LogP contribution >= 0.6 is 11.8 Å². The zero-order chi connectivity index (χ0) is 23.5. The molecule has 10 heteroatoms. The van der Waals surface area contributed by atoms with Crippen LogP contribution in [0.4, 0.5) is 11.4 Å². The molecule has 0 aliphatic carbocycles. The number of nitrogens with zero attached hydrogens (tertiary/aromatic N) is 6. The van der Waals surface area contributed by atoms with E-state index in [4.69, 9.17) is 4.74 Å². The van der Waals surface area contributed by atoms with Crippen LogP contribution in [-0.2, 0) is 9.59 Å². The summed E-state index contributed by atoms with van der Waals surface area (Å²) in [4.78, 5) is 38.2. The molecule has 3 aliphatic rings. The second-order valence-corrected chi connectivity index (χ2v) is 8.86. The molecule has 1 saturated heterocycles. The fraction of sp³-hybridized carbons (Fsp3) is 0.292. The minimum absolute atomic E-state index is 0.0134. The van der Waals surface area contributed by atoms with Gasteiger partial charge in [0.1, 0.15) is 17.4 Å². The van der Waals surface area contributed by atoms with Crippen molar-refractivity contribution in [3.05, 3.63) is 54.6 Å². The summed E-state index contributed by atoms with van der Waals surface area (Å²) >= 11 is 1.18. The molecule has 0 spiro atoms. The molecule has 0 saturated carbocycles. The minimum Gasteiger partial charge on any atom is -0.494 e. The molecule has 2 amide bonds. The van der Waals surface area contributed by atoms with Gasteiger partial charge >= 0.3 is 0 Å². The Bertz CT molecular complexity index is 1170. The number of para-hydroxylation sites is 3. The molecule has 2 aromatic rings. The highest BCUT2D eigenvalue weighted by Crippen LogP contribution is 2.33. The van der Waals surface area contributed by atoms with Crippen molar-refractivity contribution in [2.75, 3.05) is 49.0 Å². The van der Waals surface area contributed by atoms with Crippen LogP contribution in [0.1, 0.15) is 0 Å². The number of benzene rings is 2. The quantitative estimate of drug-likeness (QED) is 0.659. The normalized spacial score (nSPS) is 19.6. The van der Waals surface area contributed by atoms with E-state index in [0.29, 0.717) is 30.4 Å². The Hall–Kier alpha value is -3.66. The number of amides is 2. The number of amidine groups is 2. The van der Waals surface area contributed by atoms with Gasteiger partial charge in [0.2, 0.25) is 5.91 Å². The maximum Gasteiger partial charge on any atom is 0.264 e. The maximum absolute atomic E-state index is 12.8. The largest absolute Gasteiger partial charge is 0.494 e. The van der Waals surface area contributed by atoms with Crippen LogP contribution in [0.3, 0.4) is 0 Å². The predicted molar refractivity (Wildman–Crippen MR) is 135 cm³/mol. The highest BCUT2D eigenvalue weighted by molar-refractivity contribution is 8.14. The summed E-state index contributed by atoms with van der Waals surface area (Å²) in [6, 6.07) is 17.6. The summed E-state index contributed by atoms with van der Waals surface area (Å²) in [5.41, 5.74) is 1.86. The van der Waals surface area contributed by atoms with E-state index < -0.39 is 5.92 Å². The Labute approximate surface area is 201 Å². The SMILES string of the molecule is COc1ccccc1N1N=CC2C(=O)N=C(SCC(=O)N3CCN(c4ccccc4)CC3)N=C21. The molecular formula is C24H24N6O3S. The van der Waals surface area contributed by atoms with Crippen molar-refractivity contribution >= 4 is 52.2 Å². The number of carbonyl (C=O) groups excluding carboxylic acids is 2. The van der Waals surface area contributed by atoms with E-state index in [2.05, 4.69) is 32.1 Å². The third kappa shape index (κ3) is 4.41. The molecule has 1 atom stereocenters. The number of rotatable bonds is 5. The van der Waals surface area contributed by atoms with Gasteiger partial charge in [-0.05, 0) is 24.3 Å². The van der Waals surface area contributed by atoms with Gasteiger partial charge in [-0.3, -0.25) is 9.59 Å². The number of fused-ring (bicyclic) bond motifs is 1. The van der Waals surface area contributed by atoms with Crippen molar-refractivity contribution in [1.82, 2.24) is 4.90 Å². The van der Waals surface area contributed by atoms with Crippen LogP contribution < -0.4 is 14.6 Å². The van der Waals surface area contributed by atoms with E-state index in [1.807, 2.05) is 47.4 Å². The molecule has 3 aliphatic heterocycles. The predicted octanol–water partition coefficient (Wildman–Crippen LogP) is 2.49. The van der Waals surface area contributed by atoms with E-state index in [1.165, 1.54) is 23.7 Å². The van der Waals surface area contributed by atoms with Gasteiger partial charge in [-0.2, -0.15) is 10.1 Å². The second-order valence-electron chi connectivity index (χ2n) is 7.92. The first kappa shape index (κ1) is 22.1. The zero-order valence-electron chi connectivity index (χ0n) is 18.7. The summed E-state index contributed by atoms with van der Waals surface area (Å²) < 4.78 is 5.43. The number of methoxy groups -OCH3 is 1. The van der Waals surface area contributed by atoms with Crippen molar-refractivity contribution in [2.24, 2.45) is 21.0 Å². The Balaban J connectivity index is 1.21. The van der Waals surface area contributed by atoms with Crippen molar-refractivity contribution in [3.8, 4) is 5.75 Å². The fourth-order valence-electron chi connectivity index (χ4n) is 4.09. The molecule has 1 fully saturated rings. The molecule has 5 rings (SSSR count). The van der Waals surface area contributed by atoms with Crippen LogP contribution in [0.15, 0.2) is 69.7 Å². The number of anilines is 2. The number of ether oxygens (including phenoxy) is 1. The lowest BCUT2D eigenvalue weighted by atomic mass is 10.1. The molecule has 174 valence electrons. The summed E-state index contributed by atoms with van der Waals surface area (Å²) in [5, 5.41) is 6.23. The van der Waals surface area contributed by atoms with E-state index >= 15 is 0 Å². The van der Waals surface area contributed by atoms with E-state index in [0.717, 1.165) is 13.1 Å². The van der Waals surface area contributed by atoms with Gasteiger partial charge in [0.15, 0.2) is 11.0 Å². The summed E-state index contributed by atoms with van der Waals surface area (Å²) in [5.74, 6) is 0.315. The number of aliphatic imine (C=N–C) groups is 2. The van der Waals surface area contributed by atoms with E-state index in [1.54, 1.807) is 12.1 Å². The molecule has 0 radical (unpaired) electrons. The van der Waals surface area contributed by atoms with Crippen molar-refractivity contribution < 1.29 is 14.3 Å². The first-order chi connectivity index (χ1) is 16.6. The monoisotopic (exact) mass is 476 g/mol. The van der Waals surface area contributed by atoms with Crippen LogP contribution in [0.25, 0.3) is 0 Å². The van der Waals surface area contributed by atoms with Crippen molar-refractivity contribution in [3.63, 3.8) is 0 Å². The number of carbonyl (C=O) groups is 2. The highest BCUT2D eigenvalue weighted by Gasteiger charge is 2.37. The lowest BCUT2D eigenvalue weighted by Gasteiger charge is -2.36. The molecule has 2 aromatic carbocycles. The van der Waals surface area contributed by atoms with Crippen LogP contribution in [0.5, 0.6) is 5.75 Å². The third-order valence-electron chi connectivity index (χ3n) is 5.90. The number of hydrogen-bond donors (Lipinski definition) is 0. The Morgan fingerprint density at radius 1 is 1.03 bits per heavy atom. The number of piperazine rings is 1. The first-order valence-electron chi connectivity index (χ1n) is 11.0. The van der Waals surface area contributed by atoms with Crippen LogP contribution in [0, 0.1) is 5.92 Å². The molecule has 0 aromatic heterocycles. The smallest absolute Gasteiger partial charge is 0.264 e. The van der Waals surface area contributed by atoms with Crippen LogP contribution in [-0.4, -0.2) is 73.0 Å². The number of hydrazone groups is 1. The van der Waals surface area contributed by atoms with Gasteiger partial charge in [-0.25, -0.2) is 10.0 Å². The Kier molecular flexibility index (Phi) is 6.31. The van der Waals surface area contributed by atoms with Gasteiger partial charge in [0.05, 0.1) is 12.9 Å².